The van der Waals surface area contributed by atoms with Crippen molar-refractivity contribution in [2.24, 2.45) is 5.10 Å². The number of nitrogens with zero attached hydrogens (tertiary/aromatic N) is 1. The molecule has 5 heteroatoms. The number of sulfonamides is 1. The van der Waals surface area contributed by atoms with Crippen LogP contribution < -0.4 is 4.83 Å². The lowest BCUT2D eigenvalue weighted by Gasteiger charge is -1.99. The molecule has 0 fully saturated rings. The fourth-order valence-corrected chi connectivity index (χ4v) is 1.88. The van der Waals surface area contributed by atoms with Gasteiger partial charge >= 0.3 is 0 Å². The molecule has 0 aliphatic heterocycles. The molecular formula is C10H14N2O2S. The lowest BCUT2D eigenvalue weighted by Crippen LogP contribution is -2.21. The zero-order valence-electron chi connectivity index (χ0n) is 8.55. The molecule has 1 aromatic carbocycles. The average molecular weight is 226 g/mol. The topological polar surface area (TPSA) is 58.5 Å². The summed E-state index contributed by atoms with van der Waals surface area (Å²) in [5.74, 6) is 0.0964. The molecule has 15 heavy (non-hydrogen) atoms. The number of hydrazone groups is 1. The van der Waals surface area contributed by atoms with Crippen molar-refractivity contribution >= 4 is 16.2 Å². The Morgan fingerprint density at radius 2 is 2.00 bits per heavy atom. The Bertz CT molecular complexity index is 412. The van der Waals surface area contributed by atoms with Crippen molar-refractivity contribution in [3.63, 3.8) is 0 Å². The summed E-state index contributed by atoms with van der Waals surface area (Å²) in [5, 5.41) is 3.67. The van der Waals surface area contributed by atoms with Crippen molar-refractivity contribution in [2.75, 3.05) is 5.75 Å². The van der Waals surface area contributed by atoms with Gasteiger partial charge < -0.3 is 0 Å². The maximum atomic E-state index is 11.2. The predicted octanol–water partition coefficient (Wildman–Crippen LogP) is 1.35. The van der Waals surface area contributed by atoms with E-state index in [9.17, 15) is 8.42 Å². The summed E-state index contributed by atoms with van der Waals surface area (Å²) < 4.78 is 22.4. The van der Waals surface area contributed by atoms with Crippen LogP contribution >= 0.6 is 0 Å². The third kappa shape index (κ3) is 4.60. The van der Waals surface area contributed by atoms with Gasteiger partial charge in [0.2, 0.25) is 10.0 Å². The Kier molecular flexibility index (Phi) is 4.30. The van der Waals surface area contributed by atoms with Gasteiger partial charge in [-0.25, -0.2) is 13.2 Å². The van der Waals surface area contributed by atoms with Crippen LogP contribution in [0.2, 0.25) is 0 Å². The van der Waals surface area contributed by atoms with Gasteiger partial charge in [-0.15, -0.1) is 0 Å². The molecule has 0 aliphatic carbocycles. The summed E-state index contributed by atoms with van der Waals surface area (Å²) in [7, 11) is -3.25. The maximum absolute atomic E-state index is 11.2. The highest BCUT2D eigenvalue weighted by Crippen LogP contribution is 1.94. The van der Waals surface area contributed by atoms with Crippen molar-refractivity contribution in [1.29, 1.82) is 0 Å². The summed E-state index contributed by atoms with van der Waals surface area (Å²) in [5.41, 5.74) is 0.858. The first kappa shape index (κ1) is 11.7. The van der Waals surface area contributed by atoms with Gasteiger partial charge in [-0.3, -0.25) is 0 Å². The molecule has 1 rings (SSSR count). The maximum Gasteiger partial charge on any atom is 0.247 e. The Balaban J connectivity index is 2.54. The quantitative estimate of drug-likeness (QED) is 0.608. The number of benzene rings is 1. The van der Waals surface area contributed by atoms with Crippen molar-refractivity contribution in [1.82, 2.24) is 4.83 Å². The fraction of sp³-hybridized carbons (Fsp3) is 0.300. The Labute approximate surface area is 90.1 Å². The minimum Gasteiger partial charge on any atom is -0.205 e. The van der Waals surface area contributed by atoms with E-state index in [2.05, 4.69) is 9.93 Å². The molecule has 0 aromatic heterocycles. The lowest BCUT2D eigenvalue weighted by molar-refractivity contribution is 0.583. The Hall–Kier alpha value is -1.36. The first-order valence-electron chi connectivity index (χ1n) is 4.71. The molecule has 0 bridgehead atoms. The third-order valence-electron chi connectivity index (χ3n) is 1.68. The normalized spacial score (nSPS) is 11.8. The van der Waals surface area contributed by atoms with E-state index in [0.29, 0.717) is 6.42 Å². The molecule has 0 saturated heterocycles. The van der Waals surface area contributed by atoms with Gasteiger partial charge in [0.15, 0.2) is 0 Å². The molecule has 0 radical (unpaired) electrons. The van der Waals surface area contributed by atoms with Crippen molar-refractivity contribution < 1.29 is 8.42 Å². The monoisotopic (exact) mass is 226 g/mol. The van der Waals surface area contributed by atoms with Crippen molar-refractivity contribution in [3.8, 4) is 0 Å². The van der Waals surface area contributed by atoms with Crippen LogP contribution in [-0.4, -0.2) is 20.4 Å². The summed E-state index contributed by atoms with van der Waals surface area (Å²) in [6.45, 7) is 1.81. The zero-order valence-corrected chi connectivity index (χ0v) is 9.37. The Morgan fingerprint density at radius 1 is 1.33 bits per heavy atom. The molecule has 4 nitrogen and oxygen atoms in total. The molecular weight excluding hydrogens is 212 g/mol. The minimum atomic E-state index is -3.25. The van der Waals surface area contributed by atoms with E-state index in [1.807, 2.05) is 30.3 Å². The van der Waals surface area contributed by atoms with E-state index in [4.69, 9.17) is 0 Å². The van der Waals surface area contributed by atoms with Gasteiger partial charge in [0, 0.05) is 0 Å². The number of hydrogen-bond acceptors (Lipinski definition) is 3. The highest BCUT2D eigenvalue weighted by Gasteiger charge is 2.04. The van der Waals surface area contributed by atoms with Gasteiger partial charge in [0.25, 0.3) is 0 Å². The molecule has 0 aliphatic rings. The van der Waals surface area contributed by atoms with Crippen LogP contribution in [0.25, 0.3) is 0 Å². The molecule has 0 spiro atoms. The molecule has 1 aromatic rings. The molecule has 82 valence electrons. The van der Waals surface area contributed by atoms with Gasteiger partial charge in [-0.1, -0.05) is 37.3 Å². The van der Waals surface area contributed by atoms with Crippen LogP contribution in [-0.2, 0) is 10.0 Å². The van der Waals surface area contributed by atoms with Crippen LogP contribution in [0, 0.1) is 0 Å². The molecule has 0 amide bonds. The second-order valence-electron chi connectivity index (χ2n) is 3.08. The van der Waals surface area contributed by atoms with Gasteiger partial charge in [-0.2, -0.15) is 5.10 Å². The van der Waals surface area contributed by atoms with E-state index in [0.717, 1.165) is 5.56 Å². The van der Waals surface area contributed by atoms with E-state index in [-0.39, 0.29) is 5.75 Å². The number of nitrogens with one attached hydrogen (secondary N) is 1. The zero-order chi connectivity index (χ0) is 11.1. The largest absolute Gasteiger partial charge is 0.247 e. The molecule has 0 unspecified atom stereocenters. The minimum absolute atomic E-state index is 0.0964. The SMILES string of the molecule is CCCS(=O)(=O)N/N=C\c1ccccc1. The number of hydrogen-bond donors (Lipinski definition) is 1. The van der Waals surface area contributed by atoms with Crippen molar-refractivity contribution in [3.05, 3.63) is 35.9 Å². The fourth-order valence-electron chi connectivity index (χ4n) is 1.03. The van der Waals surface area contributed by atoms with E-state index >= 15 is 0 Å². The number of rotatable bonds is 5. The second-order valence-corrected chi connectivity index (χ2v) is 4.90. The van der Waals surface area contributed by atoms with Crippen LogP contribution in [0.15, 0.2) is 35.4 Å². The highest BCUT2D eigenvalue weighted by atomic mass is 32.2. The van der Waals surface area contributed by atoms with Crippen LogP contribution in [0.1, 0.15) is 18.9 Å². The second kappa shape index (κ2) is 5.50. The van der Waals surface area contributed by atoms with E-state index in [1.165, 1.54) is 6.21 Å². The van der Waals surface area contributed by atoms with Crippen LogP contribution in [0.3, 0.4) is 0 Å². The van der Waals surface area contributed by atoms with Gasteiger partial charge in [0.1, 0.15) is 0 Å². The summed E-state index contributed by atoms with van der Waals surface area (Å²) in [4.78, 5) is 2.15. The van der Waals surface area contributed by atoms with Gasteiger partial charge in [0.05, 0.1) is 12.0 Å². The van der Waals surface area contributed by atoms with Crippen LogP contribution in [0.4, 0.5) is 0 Å². The highest BCUT2D eigenvalue weighted by molar-refractivity contribution is 7.89. The first-order valence-corrected chi connectivity index (χ1v) is 6.37. The Morgan fingerprint density at radius 3 is 2.60 bits per heavy atom. The molecule has 0 heterocycles. The van der Waals surface area contributed by atoms with Gasteiger partial charge in [-0.05, 0) is 12.0 Å². The molecule has 1 N–H and O–H groups in total. The van der Waals surface area contributed by atoms with Crippen LogP contribution in [0.5, 0.6) is 0 Å². The predicted molar refractivity (Wildman–Crippen MR) is 61.2 cm³/mol. The standard InChI is InChI=1S/C10H14N2O2S/c1-2-8-15(13,14)12-11-9-10-6-4-3-5-7-10/h3-7,9,12H,2,8H2,1H3/b11-9-. The first-order chi connectivity index (χ1) is 7.14. The summed E-state index contributed by atoms with van der Waals surface area (Å²) >= 11 is 0. The molecule has 0 atom stereocenters. The molecule has 0 saturated carbocycles. The third-order valence-corrected chi connectivity index (χ3v) is 3.01. The smallest absolute Gasteiger partial charge is 0.205 e. The lowest BCUT2D eigenvalue weighted by atomic mass is 10.2. The van der Waals surface area contributed by atoms with Crippen molar-refractivity contribution in [2.45, 2.75) is 13.3 Å². The average Bonchev–Trinajstić information content (AvgIpc) is 2.19. The summed E-state index contributed by atoms with van der Waals surface area (Å²) in [6, 6.07) is 9.30. The van der Waals surface area contributed by atoms with E-state index in [1.54, 1.807) is 6.92 Å². The van der Waals surface area contributed by atoms with E-state index < -0.39 is 10.0 Å². The summed E-state index contributed by atoms with van der Waals surface area (Å²) in [6.07, 6.45) is 2.06.